The van der Waals surface area contributed by atoms with Crippen LogP contribution >= 0.6 is 15.9 Å². The van der Waals surface area contributed by atoms with Crippen LogP contribution in [0.5, 0.6) is 0 Å². The number of nitrogens with one attached hydrogen (secondary N) is 1. The van der Waals surface area contributed by atoms with Crippen molar-refractivity contribution in [2.75, 3.05) is 0 Å². The minimum atomic E-state index is -1.08. The third-order valence-corrected chi connectivity index (χ3v) is 3.60. The average molecular weight is 332 g/mol. The van der Waals surface area contributed by atoms with E-state index in [2.05, 4.69) is 21.2 Å². The molecule has 0 aliphatic carbocycles. The van der Waals surface area contributed by atoms with E-state index >= 15 is 0 Å². The van der Waals surface area contributed by atoms with E-state index in [1.54, 1.807) is 6.92 Å². The highest BCUT2D eigenvalue weighted by Gasteiger charge is 2.26. The molecule has 0 heterocycles. The fourth-order valence-electron chi connectivity index (χ4n) is 1.58. The first-order valence-corrected chi connectivity index (χ1v) is 6.64. The van der Waals surface area contributed by atoms with Gasteiger partial charge >= 0.3 is 5.97 Å². The minimum Gasteiger partial charge on any atom is -0.480 e. The summed E-state index contributed by atoms with van der Waals surface area (Å²) in [6, 6.07) is 2.66. The van der Waals surface area contributed by atoms with Crippen molar-refractivity contribution in [1.82, 2.24) is 5.32 Å². The number of rotatable bonds is 5. The Bertz CT molecular complexity index is 493. The monoisotopic (exact) mass is 331 g/mol. The van der Waals surface area contributed by atoms with E-state index in [4.69, 9.17) is 5.11 Å². The Kier molecular flexibility index (Phi) is 5.47. The number of amides is 1. The molecule has 104 valence electrons. The van der Waals surface area contributed by atoms with Gasteiger partial charge in [0, 0.05) is 4.47 Å². The molecule has 1 rings (SSSR count). The summed E-state index contributed by atoms with van der Waals surface area (Å²) in [6.45, 7) is 3.60. The van der Waals surface area contributed by atoms with Crippen LogP contribution in [0.1, 0.15) is 30.6 Å². The molecule has 2 N–H and O–H groups in total. The molecule has 19 heavy (non-hydrogen) atoms. The molecule has 0 bridgehead atoms. The van der Waals surface area contributed by atoms with Crippen molar-refractivity contribution in [2.45, 2.75) is 26.3 Å². The Labute approximate surface area is 119 Å². The lowest BCUT2D eigenvalue weighted by molar-refractivity contribution is -0.140. The molecule has 6 heteroatoms. The van der Waals surface area contributed by atoms with Crippen LogP contribution in [0.25, 0.3) is 0 Å². The maximum atomic E-state index is 12.9. The van der Waals surface area contributed by atoms with E-state index < -0.39 is 23.7 Å². The number of hydrogen-bond donors (Lipinski definition) is 2. The Balaban J connectivity index is 2.91. The molecule has 0 spiro atoms. The van der Waals surface area contributed by atoms with Crippen molar-refractivity contribution in [2.24, 2.45) is 5.92 Å². The number of carboxylic acid groups (broad SMARTS) is 1. The van der Waals surface area contributed by atoms with Crippen molar-refractivity contribution in [3.05, 3.63) is 34.1 Å². The highest BCUT2D eigenvalue weighted by molar-refractivity contribution is 9.10. The molecule has 2 unspecified atom stereocenters. The molecular weight excluding hydrogens is 317 g/mol. The van der Waals surface area contributed by atoms with Gasteiger partial charge in [0.2, 0.25) is 0 Å². The number of carboxylic acids is 1. The number of benzene rings is 1. The van der Waals surface area contributed by atoms with Crippen LogP contribution in [-0.4, -0.2) is 23.0 Å². The zero-order valence-corrected chi connectivity index (χ0v) is 12.2. The molecular formula is C13H15BrFNO3. The molecule has 0 fully saturated rings. The molecule has 2 atom stereocenters. The third-order valence-electron chi connectivity index (χ3n) is 2.94. The van der Waals surface area contributed by atoms with Crippen LogP contribution < -0.4 is 5.32 Å². The normalized spacial score (nSPS) is 13.7. The first-order chi connectivity index (χ1) is 8.86. The smallest absolute Gasteiger partial charge is 0.326 e. The van der Waals surface area contributed by atoms with Gasteiger partial charge in [0.15, 0.2) is 0 Å². The highest BCUT2D eigenvalue weighted by atomic mass is 79.9. The molecule has 0 saturated carbocycles. The second-order valence-corrected chi connectivity index (χ2v) is 5.15. The number of halogens is 2. The maximum absolute atomic E-state index is 12.9. The maximum Gasteiger partial charge on any atom is 0.326 e. The second-order valence-electron chi connectivity index (χ2n) is 4.30. The van der Waals surface area contributed by atoms with E-state index in [0.717, 1.165) is 12.1 Å². The summed E-state index contributed by atoms with van der Waals surface area (Å²) in [7, 11) is 0. The third kappa shape index (κ3) is 4.02. The summed E-state index contributed by atoms with van der Waals surface area (Å²) in [5.41, 5.74) is 0.205. The molecule has 0 aromatic heterocycles. The molecule has 0 aliphatic rings. The lowest BCUT2D eigenvalue weighted by Gasteiger charge is -2.20. The van der Waals surface area contributed by atoms with Crippen LogP contribution in [0, 0.1) is 11.7 Å². The van der Waals surface area contributed by atoms with Gasteiger partial charge in [-0.25, -0.2) is 9.18 Å². The van der Waals surface area contributed by atoms with Gasteiger partial charge in [-0.2, -0.15) is 0 Å². The largest absolute Gasteiger partial charge is 0.480 e. The summed E-state index contributed by atoms with van der Waals surface area (Å²) in [4.78, 5) is 23.1. The predicted octanol–water partition coefficient (Wildman–Crippen LogP) is 2.82. The Morgan fingerprint density at radius 1 is 1.47 bits per heavy atom. The van der Waals surface area contributed by atoms with E-state index in [1.807, 2.05) is 6.92 Å². The molecule has 4 nitrogen and oxygen atoms in total. The van der Waals surface area contributed by atoms with Gasteiger partial charge in [0.1, 0.15) is 11.9 Å². The number of hydrogen-bond acceptors (Lipinski definition) is 2. The predicted molar refractivity (Wildman–Crippen MR) is 72.4 cm³/mol. The topological polar surface area (TPSA) is 66.4 Å². The lowest BCUT2D eigenvalue weighted by Crippen LogP contribution is -2.45. The van der Waals surface area contributed by atoms with Crippen molar-refractivity contribution < 1.29 is 19.1 Å². The quantitative estimate of drug-likeness (QED) is 0.871. The summed E-state index contributed by atoms with van der Waals surface area (Å²) < 4.78 is 13.2. The van der Waals surface area contributed by atoms with Crippen molar-refractivity contribution >= 4 is 27.8 Å². The number of carbonyl (C=O) groups excluding carboxylic acids is 1. The van der Waals surface area contributed by atoms with Crippen molar-refractivity contribution in [3.8, 4) is 0 Å². The Hall–Kier alpha value is -1.43. The second kappa shape index (κ2) is 6.65. The van der Waals surface area contributed by atoms with Gasteiger partial charge in [-0.05, 0) is 40.0 Å². The molecule has 1 aromatic rings. The fourth-order valence-corrected chi connectivity index (χ4v) is 2.11. The van der Waals surface area contributed by atoms with E-state index in [9.17, 15) is 14.0 Å². The van der Waals surface area contributed by atoms with Crippen LogP contribution in [-0.2, 0) is 4.79 Å². The Morgan fingerprint density at radius 3 is 2.58 bits per heavy atom. The standard InChI is InChI=1S/C13H15BrFNO3/c1-3-7(2)11(13(18)19)16-12(17)9-5-4-8(15)6-10(9)14/h4-7,11H,3H2,1-2H3,(H,16,17)(H,18,19). The van der Waals surface area contributed by atoms with E-state index in [0.29, 0.717) is 10.9 Å². The number of carbonyl (C=O) groups is 2. The summed E-state index contributed by atoms with van der Waals surface area (Å²) in [5.74, 6) is -2.29. The van der Waals surface area contributed by atoms with Gasteiger partial charge in [-0.15, -0.1) is 0 Å². The lowest BCUT2D eigenvalue weighted by atomic mass is 9.99. The average Bonchev–Trinajstić information content (AvgIpc) is 2.34. The summed E-state index contributed by atoms with van der Waals surface area (Å²) >= 11 is 3.08. The van der Waals surface area contributed by atoms with Gasteiger partial charge in [0.05, 0.1) is 5.56 Å². The van der Waals surface area contributed by atoms with Crippen LogP contribution in [0.15, 0.2) is 22.7 Å². The SMILES string of the molecule is CCC(C)C(NC(=O)c1ccc(F)cc1Br)C(=O)O. The van der Waals surface area contributed by atoms with Gasteiger partial charge in [-0.1, -0.05) is 20.3 Å². The molecule has 1 aromatic carbocycles. The van der Waals surface area contributed by atoms with Gasteiger partial charge < -0.3 is 10.4 Å². The minimum absolute atomic E-state index is 0.194. The zero-order chi connectivity index (χ0) is 14.6. The highest BCUT2D eigenvalue weighted by Crippen LogP contribution is 2.18. The van der Waals surface area contributed by atoms with Gasteiger partial charge in [-0.3, -0.25) is 4.79 Å². The number of aliphatic carboxylic acids is 1. The molecule has 0 radical (unpaired) electrons. The fraction of sp³-hybridized carbons (Fsp3) is 0.385. The zero-order valence-electron chi connectivity index (χ0n) is 10.6. The summed E-state index contributed by atoms with van der Waals surface area (Å²) in [5, 5.41) is 11.6. The molecule has 0 aliphatic heterocycles. The van der Waals surface area contributed by atoms with Crippen molar-refractivity contribution in [1.29, 1.82) is 0 Å². The molecule has 0 saturated heterocycles. The van der Waals surface area contributed by atoms with Gasteiger partial charge in [0.25, 0.3) is 5.91 Å². The Morgan fingerprint density at radius 2 is 2.11 bits per heavy atom. The van der Waals surface area contributed by atoms with E-state index in [-0.39, 0.29) is 11.5 Å². The van der Waals surface area contributed by atoms with Crippen LogP contribution in [0.3, 0.4) is 0 Å². The van der Waals surface area contributed by atoms with Crippen LogP contribution in [0.2, 0.25) is 0 Å². The summed E-state index contributed by atoms with van der Waals surface area (Å²) in [6.07, 6.45) is 0.627. The van der Waals surface area contributed by atoms with E-state index in [1.165, 1.54) is 6.07 Å². The molecule has 1 amide bonds. The first kappa shape index (κ1) is 15.6. The van der Waals surface area contributed by atoms with Crippen molar-refractivity contribution in [3.63, 3.8) is 0 Å². The van der Waals surface area contributed by atoms with Crippen LogP contribution in [0.4, 0.5) is 4.39 Å². The first-order valence-electron chi connectivity index (χ1n) is 5.85.